The van der Waals surface area contributed by atoms with Crippen LogP contribution in [0.15, 0.2) is 11.4 Å². The van der Waals surface area contributed by atoms with E-state index in [2.05, 4.69) is 44.5 Å². The lowest BCUT2D eigenvalue weighted by Crippen LogP contribution is -2.30. The fourth-order valence-corrected chi connectivity index (χ4v) is 2.96. The molecule has 0 aliphatic rings. The Labute approximate surface area is 97.9 Å². The van der Waals surface area contributed by atoms with E-state index in [1.165, 1.54) is 29.7 Å². The highest BCUT2D eigenvalue weighted by Gasteiger charge is 2.13. The molecular formula is C13H23NS. The Hall–Kier alpha value is -0.340. The topological polar surface area (TPSA) is 12.0 Å². The summed E-state index contributed by atoms with van der Waals surface area (Å²) < 4.78 is 0. The van der Waals surface area contributed by atoms with Gasteiger partial charge in [0.1, 0.15) is 0 Å². The molecule has 86 valence electrons. The maximum atomic E-state index is 3.72. The van der Waals surface area contributed by atoms with Gasteiger partial charge in [-0.05, 0) is 43.7 Å². The third-order valence-electron chi connectivity index (χ3n) is 2.91. The molecule has 2 unspecified atom stereocenters. The van der Waals surface area contributed by atoms with Crippen LogP contribution in [0.3, 0.4) is 0 Å². The molecule has 0 radical (unpaired) electrons. The summed E-state index contributed by atoms with van der Waals surface area (Å²) in [7, 11) is 0. The number of hydrogen-bond acceptors (Lipinski definition) is 2. The number of rotatable bonds is 6. The van der Waals surface area contributed by atoms with Crippen molar-refractivity contribution in [3.63, 3.8) is 0 Å². The lowest BCUT2D eigenvalue weighted by molar-refractivity contribution is 0.419. The Morgan fingerprint density at radius 3 is 2.60 bits per heavy atom. The first kappa shape index (κ1) is 12.7. The maximum absolute atomic E-state index is 3.72. The molecule has 0 amide bonds. The fourth-order valence-electron chi connectivity index (χ4n) is 2.01. The molecule has 1 aromatic rings. The van der Waals surface area contributed by atoms with Gasteiger partial charge in [0.05, 0.1) is 0 Å². The van der Waals surface area contributed by atoms with Gasteiger partial charge in [-0.3, -0.25) is 0 Å². The summed E-state index contributed by atoms with van der Waals surface area (Å²) in [5, 5.41) is 5.91. The molecule has 0 bridgehead atoms. The zero-order chi connectivity index (χ0) is 11.3. The average molecular weight is 225 g/mol. The van der Waals surface area contributed by atoms with Gasteiger partial charge in [0.15, 0.2) is 0 Å². The largest absolute Gasteiger partial charge is 0.307 e. The molecule has 0 aromatic carbocycles. The van der Waals surface area contributed by atoms with Crippen LogP contribution in [-0.2, 0) is 0 Å². The summed E-state index contributed by atoms with van der Waals surface area (Å²) in [6.07, 6.45) is 3.77. The second-order valence-corrected chi connectivity index (χ2v) is 5.20. The Bertz CT molecular complexity index is 280. The molecule has 0 saturated carbocycles. The summed E-state index contributed by atoms with van der Waals surface area (Å²) in [5.74, 6) is 0. The molecule has 1 nitrogen and oxygen atoms in total. The molecular weight excluding hydrogens is 202 g/mol. The van der Waals surface area contributed by atoms with E-state index in [0.717, 1.165) is 0 Å². The minimum absolute atomic E-state index is 0.501. The highest BCUT2D eigenvalue weighted by Crippen LogP contribution is 2.24. The second kappa shape index (κ2) is 6.29. The van der Waals surface area contributed by atoms with E-state index < -0.39 is 0 Å². The van der Waals surface area contributed by atoms with Gasteiger partial charge in [-0.2, -0.15) is 0 Å². The summed E-state index contributed by atoms with van der Waals surface area (Å²) in [6.45, 7) is 8.99. The van der Waals surface area contributed by atoms with Gasteiger partial charge < -0.3 is 5.32 Å². The van der Waals surface area contributed by atoms with E-state index in [1.807, 2.05) is 11.3 Å². The first-order valence-electron chi connectivity index (χ1n) is 5.99. The second-order valence-electron chi connectivity index (χ2n) is 4.25. The van der Waals surface area contributed by atoms with Crippen molar-refractivity contribution < 1.29 is 0 Å². The molecule has 1 aromatic heterocycles. The molecule has 0 aliphatic heterocycles. The summed E-state index contributed by atoms with van der Waals surface area (Å²) >= 11 is 1.87. The van der Waals surface area contributed by atoms with Crippen molar-refractivity contribution in [2.24, 2.45) is 0 Å². The number of nitrogens with one attached hydrogen (secondary N) is 1. The van der Waals surface area contributed by atoms with E-state index >= 15 is 0 Å². The van der Waals surface area contributed by atoms with Crippen molar-refractivity contribution in [2.75, 3.05) is 0 Å². The molecule has 1 heterocycles. The van der Waals surface area contributed by atoms with E-state index in [1.54, 1.807) is 0 Å². The van der Waals surface area contributed by atoms with Crippen LogP contribution >= 0.6 is 11.3 Å². The minimum Gasteiger partial charge on any atom is -0.307 e. The van der Waals surface area contributed by atoms with E-state index in [-0.39, 0.29) is 0 Å². The third kappa shape index (κ3) is 3.62. The Kier molecular flexibility index (Phi) is 5.34. The van der Waals surface area contributed by atoms with Crippen LogP contribution in [-0.4, -0.2) is 6.04 Å². The molecule has 1 N–H and O–H groups in total. The molecule has 0 fully saturated rings. The molecule has 15 heavy (non-hydrogen) atoms. The number of hydrogen-bond donors (Lipinski definition) is 1. The first-order valence-corrected chi connectivity index (χ1v) is 6.87. The van der Waals surface area contributed by atoms with Gasteiger partial charge in [-0.25, -0.2) is 0 Å². The van der Waals surface area contributed by atoms with E-state index in [4.69, 9.17) is 0 Å². The van der Waals surface area contributed by atoms with Crippen LogP contribution in [0.5, 0.6) is 0 Å². The minimum atomic E-state index is 0.501. The van der Waals surface area contributed by atoms with Gasteiger partial charge in [0, 0.05) is 17.0 Å². The fraction of sp³-hybridized carbons (Fsp3) is 0.692. The zero-order valence-corrected chi connectivity index (χ0v) is 11.2. The predicted molar refractivity (Wildman–Crippen MR) is 69.6 cm³/mol. The van der Waals surface area contributed by atoms with E-state index in [0.29, 0.717) is 12.1 Å². The van der Waals surface area contributed by atoms with Crippen molar-refractivity contribution in [3.05, 3.63) is 21.9 Å². The monoisotopic (exact) mass is 225 g/mol. The third-order valence-corrected chi connectivity index (χ3v) is 4.11. The first-order chi connectivity index (χ1) is 7.19. The van der Waals surface area contributed by atoms with Crippen molar-refractivity contribution in [2.45, 2.75) is 59.0 Å². The lowest BCUT2D eigenvalue weighted by atomic mass is 10.1. The van der Waals surface area contributed by atoms with Gasteiger partial charge in [0.25, 0.3) is 0 Å². The van der Waals surface area contributed by atoms with Crippen LogP contribution in [0.25, 0.3) is 0 Å². The normalized spacial score (nSPS) is 15.2. The maximum Gasteiger partial charge on any atom is 0.0390 e. The van der Waals surface area contributed by atoms with Gasteiger partial charge in [0.2, 0.25) is 0 Å². The molecule has 0 aliphatic carbocycles. The number of aryl methyl sites for hydroxylation is 1. The van der Waals surface area contributed by atoms with Crippen molar-refractivity contribution >= 4 is 11.3 Å². The summed E-state index contributed by atoms with van der Waals surface area (Å²) in [4.78, 5) is 1.49. The molecule has 1 rings (SSSR count). The van der Waals surface area contributed by atoms with Crippen LogP contribution in [0, 0.1) is 6.92 Å². The summed E-state index contributed by atoms with van der Waals surface area (Å²) in [5.41, 5.74) is 1.42. The highest BCUT2D eigenvalue weighted by atomic mass is 32.1. The van der Waals surface area contributed by atoms with Gasteiger partial charge >= 0.3 is 0 Å². The average Bonchev–Trinajstić information content (AvgIpc) is 2.63. The lowest BCUT2D eigenvalue weighted by Gasteiger charge is -2.21. The molecule has 0 saturated heterocycles. The zero-order valence-electron chi connectivity index (χ0n) is 10.3. The van der Waals surface area contributed by atoms with Crippen molar-refractivity contribution in [1.82, 2.24) is 5.32 Å². The highest BCUT2D eigenvalue weighted by molar-refractivity contribution is 7.10. The van der Waals surface area contributed by atoms with Gasteiger partial charge in [-0.15, -0.1) is 11.3 Å². The Morgan fingerprint density at radius 1 is 1.40 bits per heavy atom. The van der Waals surface area contributed by atoms with Crippen LogP contribution in [0.4, 0.5) is 0 Å². The standard InChI is InChI=1S/C13H23NS/c1-5-7-12(6-2)14-11(4)13-10(3)8-9-15-13/h8-9,11-12,14H,5-7H2,1-4H3. The van der Waals surface area contributed by atoms with Crippen molar-refractivity contribution in [1.29, 1.82) is 0 Å². The molecule has 2 heteroatoms. The van der Waals surface area contributed by atoms with Crippen LogP contribution in [0.2, 0.25) is 0 Å². The van der Waals surface area contributed by atoms with E-state index in [9.17, 15) is 0 Å². The smallest absolute Gasteiger partial charge is 0.0390 e. The molecule has 0 spiro atoms. The summed E-state index contributed by atoms with van der Waals surface area (Å²) in [6, 6.07) is 3.38. The Morgan fingerprint density at radius 2 is 2.13 bits per heavy atom. The van der Waals surface area contributed by atoms with Gasteiger partial charge in [-0.1, -0.05) is 20.3 Å². The molecule has 2 atom stereocenters. The predicted octanol–water partition coefficient (Wildman–Crippen LogP) is 4.29. The SMILES string of the molecule is CCCC(CC)NC(C)c1sccc1C. The van der Waals surface area contributed by atoms with Crippen LogP contribution in [0.1, 0.15) is 56.5 Å². The number of thiophene rings is 1. The quantitative estimate of drug-likeness (QED) is 0.761. The Balaban J connectivity index is 2.54. The van der Waals surface area contributed by atoms with Crippen molar-refractivity contribution in [3.8, 4) is 0 Å². The van der Waals surface area contributed by atoms with Crippen LogP contribution < -0.4 is 5.32 Å².